The molecule has 0 aliphatic carbocycles. The van der Waals surface area contributed by atoms with Gasteiger partial charge in [0.25, 0.3) is 5.91 Å². The van der Waals surface area contributed by atoms with Gasteiger partial charge in [0.1, 0.15) is 5.75 Å². The fourth-order valence-electron chi connectivity index (χ4n) is 4.04. The van der Waals surface area contributed by atoms with Crippen LogP contribution in [0, 0.1) is 5.92 Å². The van der Waals surface area contributed by atoms with E-state index in [1.165, 1.54) is 5.56 Å². The average Bonchev–Trinajstić information content (AvgIpc) is 2.82. The minimum atomic E-state index is -0.0573. The van der Waals surface area contributed by atoms with Crippen LogP contribution < -0.4 is 4.74 Å². The lowest BCUT2D eigenvalue weighted by Gasteiger charge is -2.35. The molecule has 6 heteroatoms. The van der Waals surface area contributed by atoms with E-state index in [-0.39, 0.29) is 11.8 Å². The number of piperazine rings is 1. The number of amides is 2. The maximum Gasteiger partial charge on any atom is 0.254 e. The van der Waals surface area contributed by atoms with Gasteiger partial charge < -0.3 is 14.5 Å². The van der Waals surface area contributed by atoms with Gasteiger partial charge in [-0.3, -0.25) is 14.5 Å². The van der Waals surface area contributed by atoms with Crippen LogP contribution in [-0.4, -0.2) is 72.9 Å². The van der Waals surface area contributed by atoms with Crippen molar-refractivity contribution in [2.24, 2.45) is 5.92 Å². The highest BCUT2D eigenvalue weighted by atomic mass is 16.5. The predicted octanol–water partition coefficient (Wildman–Crippen LogP) is 3.53. The van der Waals surface area contributed by atoms with Gasteiger partial charge in [0.15, 0.2) is 0 Å². The lowest BCUT2D eigenvalue weighted by molar-refractivity contribution is -0.133. The Hall–Kier alpha value is -2.86. The summed E-state index contributed by atoms with van der Waals surface area (Å²) in [5, 5.41) is 0. The molecule has 172 valence electrons. The molecule has 0 aromatic heterocycles. The van der Waals surface area contributed by atoms with Crippen molar-refractivity contribution < 1.29 is 14.3 Å². The number of hydrogen-bond acceptors (Lipinski definition) is 4. The summed E-state index contributed by atoms with van der Waals surface area (Å²) >= 11 is 0. The number of nitrogens with zero attached hydrogens (tertiary/aromatic N) is 3. The molecule has 1 aliphatic heterocycles. The summed E-state index contributed by atoms with van der Waals surface area (Å²) in [6.45, 7) is 9.35. The third kappa shape index (κ3) is 6.82. The Kier molecular flexibility index (Phi) is 8.68. The van der Waals surface area contributed by atoms with Crippen LogP contribution in [0.25, 0.3) is 0 Å². The molecule has 0 spiro atoms. The Morgan fingerprint density at radius 1 is 1.00 bits per heavy atom. The van der Waals surface area contributed by atoms with E-state index >= 15 is 0 Å². The van der Waals surface area contributed by atoms with Crippen LogP contribution in [0.2, 0.25) is 0 Å². The van der Waals surface area contributed by atoms with Gasteiger partial charge in [-0.15, -0.1) is 0 Å². The molecule has 0 unspecified atom stereocenters. The van der Waals surface area contributed by atoms with Crippen molar-refractivity contribution in [3.8, 4) is 5.75 Å². The maximum atomic E-state index is 13.1. The van der Waals surface area contributed by atoms with Gasteiger partial charge in [0.05, 0.1) is 7.11 Å². The molecular weight excluding hydrogens is 402 g/mol. The van der Waals surface area contributed by atoms with Crippen LogP contribution >= 0.6 is 0 Å². The lowest BCUT2D eigenvalue weighted by atomic mass is 10.1. The molecule has 1 fully saturated rings. The zero-order valence-corrected chi connectivity index (χ0v) is 19.5. The van der Waals surface area contributed by atoms with E-state index in [0.29, 0.717) is 36.7 Å². The van der Waals surface area contributed by atoms with E-state index in [1.807, 2.05) is 23.1 Å². The standard InChI is InChI=1S/C26H35N3O3/c1-21(2)19-29(26(31)23-10-7-11-24(18-23)32-3)13-12-25(30)28-16-14-27(15-17-28)20-22-8-5-4-6-9-22/h4-11,18,21H,12-17,19-20H2,1-3H3. The molecule has 0 radical (unpaired) electrons. The quantitative estimate of drug-likeness (QED) is 0.602. The van der Waals surface area contributed by atoms with Crippen LogP contribution in [0.4, 0.5) is 0 Å². The predicted molar refractivity (Wildman–Crippen MR) is 127 cm³/mol. The van der Waals surface area contributed by atoms with E-state index in [9.17, 15) is 9.59 Å². The zero-order chi connectivity index (χ0) is 22.9. The number of carbonyl (C=O) groups is 2. The molecule has 2 aromatic carbocycles. The first-order chi connectivity index (χ1) is 15.5. The number of ether oxygens (including phenoxy) is 1. The summed E-state index contributed by atoms with van der Waals surface area (Å²) in [5.74, 6) is 1.04. The molecule has 0 N–H and O–H groups in total. The molecule has 1 heterocycles. The second-order valence-electron chi connectivity index (χ2n) is 8.77. The number of hydrogen-bond donors (Lipinski definition) is 0. The van der Waals surface area contributed by atoms with Crippen LogP contribution in [0.3, 0.4) is 0 Å². The van der Waals surface area contributed by atoms with Crippen LogP contribution in [-0.2, 0) is 11.3 Å². The smallest absolute Gasteiger partial charge is 0.254 e. The van der Waals surface area contributed by atoms with Gasteiger partial charge in [-0.25, -0.2) is 0 Å². The van der Waals surface area contributed by atoms with Crippen molar-refractivity contribution in [3.05, 3.63) is 65.7 Å². The summed E-state index contributed by atoms with van der Waals surface area (Å²) < 4.78 is 5.25. The first-order valence-corrected chi connectivity index (χ1v) is 11.4. The van der Waals surface area contributed by atoms with Crippen LogP contribution in [0.5, 0.6) is 5.75 Å². The minimum absolute atomic E-state index is 0.0573. The first-order valence-electron chi connectivity index (χ1n) is 11.4. The van der Waals surface area contributed by atoms with Gasteiger partial charge in [-0.2, -0.15) is 0 Å². The van der Waals surface area contributed by atoms with Gasteiger partial charge in [-0.05, 0) is 29.7 Å². The topological polar surface area (TPSA) is 53.1 Å². The largest absolute Gasteiger partial charge is 0.497 e. The minimum Gasteiger partial charge on any atom is -0.497 e. The highest BCUT2D eigenvalue weighted by Gasteiger charge is 2.23. The Balaban J connectivity index is 1.52. The fourth-order valence-corrected chi connectivity index (χ4v) is 4.04. The molecule has 1 aliphatic rings. The van der Waals surface area contributed by atoms with E-state index in [2.05, 4.69) is 43.0 Å². The third-order valence-electron chi connectivity index (χ3n) is 5.76. The second-order valence-corrected chi connectivity index (χ2v) is 8.77. The Morgan fingerprint density at radius 3 is 2.38 bits per heavy atom. The van der Waals surface area contributed by atoms with Crippen LogP contribution in [0.15, 0.2) is 54.6 Å². The van der Waals surface area contributed by atoms with Gasteiger partial charge in [0, 0.05) is 57.8 Å². The average molecular weight is 438 g/mol. The summed E-state index contributed by atoms with van der Waals surface area (Å²) in [7, 11) is 1.59. The highest BCUT2D eigenvalue weighted by Crippen LogP contribution is 2.16. The van der Waals surface area contributed by atoms with Crippen LogP contribution in [0.1, 0.15) is 36.2 Å². The molecule has 6 nitrogen and oxygen atoms in total. The molecule has 2 aromatic rings. The molecule has 0 atom stereocenters. The third-order valence-corrected chi connectivity index (χ3v) is 5.76. The number of rotatable bonds is 9. The highest BCUT2D eigenvalue weighted by molar-refractivity contribution is 5.95. The summed E-state index contributed by atoms with van der Waals surface area (Å²) in [6.07, 6.45) is 0.348. The Bertz CT molecular complexity index is 877. The van der Waals surface area contributed by atoms with Crippen molar-refractivity contribution >= 4 is 11.8 Å². The normalized spacial score (nSPS) is 14.4. The Labute approximate surface area is 191 Å². The van der Waals surface area contributed by atoms with Gasteiger partial charge in [0.2, 0.25) is 5.91 Å². The number of methoxy groups -OCH3 is 1. The molecule has 32 heavy (non-hydrogen) atoms. The van der Waals surface area contributed by atoms with Gasteiger partial charge >= 0.3 is 0 Å². The SMILES string of the molecule is COc1cccc(C(=O)N(CCC(=O)N2CCN(Cc3ccccc3)CC2)CC(C)C)c1. The first kappa shape index (κ1) is 23.8. The number of benzene rings is 2. The van der Waals surface area contributed by atoms with Crippen molar-refractivity contribution in [3.63, 3.8) is 0 Å². The molecular formula is C26H35N3O3. The van der Waals surface area contributed by atoms with Crippen molar-refractivity contribution in [1.29, 1.82) is 0 Å². The number of carbonyl (C=O) groups excluding carboxylic acids is 2. The van der Waals surface area contributed by atoms with E-state index in [4.69, 9.17) is 4.74 Å². The summed E-state index contributed by atoms with van der Waals surface area (Å²) in [5.41, 5.74) is 1.89. The lowest BCUT2D eigenvalue weighted by Crippen LogP contribution is -2.49. The maximum absolute atomic E-state index is 13.1. The zero-order valence-electron chi connectivity index (χ0n) is 19.5. The Morgan fingerprint density at radius 2 is 1.72 bits per heavy atom. The van der Waals surface area contributed by atoms with Crippen molar-refractivity contribution in [2.75, 3.05) is 46.4 Å². The molecule has 1 saturated heterocycles. The van der Waals surface area contributed by atoms with E-state index in [0.717, 1.165) is 32.7 Å². The van der Waals surface area contributed by atoms with Crippen molar-refractivity contribution in [2.45, 2.75) is 26.8 Å². The summed E-state index contributed by atoms with van der Waals surface area (Å²) in [6, 6.07) is 17.6. The van der Waals surface area contributed by atoms with E-state index in [1.54, 1.807) is 24.1 Å². The molecule has 0 saturated carbocycles. The monoisotopic (exact) mass is 437 g/mol. The molecule has 3 rings (SSSR count). The van der Waals surface area contributed by atoms with E-state index < -0.39 is 0 Å². The summed E-state index contributed by atoms with van der Waals surface area (Å²) in [4.78, 5) is 32.1. The van der Waals surface area contributed by atoms with Gasteiger partial charge in [-0.1, -0.05) is 50.2 Å². The molecule has 0 bridgehead atoms. The molecule has 2 amide bonds. The fraction of sp³-hybridized carbons (Fsp3) is 0.462. The van der Waals surface area contributed by atoms with Crippen molar-refractivity contribution in [1.82, 2.24) is 14.7 Å². The second kappa shape index (κ2) is 11.7.